The van der Waals surface area contributed by atoms with Gasteiger partial charge < -0.3 is 0 Å². The Labute approximate surface area is 132 Å². The lowest BCUT2D eigenvalue weighted by atomic mass is 10.0. The molecule has 118 valence electrons. The molecule has 1 aromatic carbocycles. The molecular formula is C14H18BrF2NO2S. The molecule has 21 heavy (non-hydrogen) atoms. The van der Waals surface area contributed by atoms with E-state index in [1.165, 1.54) is 0 Å². The summed E-state index contributed by atoms with van der Waals surface area (Å²) in [6, 6.07) is 1.33. The second-order valence-corrected chi connectivity index (χ2v) is 8.14. The average molecular weight is 382 g/mol. The molecule has 0 aromatic heterocycles. The van der Waals surface area contributed by atoms with E-state index in [-0.39, 0.29) is 10.5 Å². The maximum absolute atomic E-state index is 13.8. The Morgan fingerprint density at radius 1 is 1.19 bits per heavy atom. The van der Waals surface area contributed by atoms with Crippen LogP contribution in [0.25, 0.3) is 0 Å². The molecule has 1 aliphatic carbocycles. The van der Waals surface area contributed by atoms with Crippen LogP contribution in [-0.2, 0) is 10.0 Å². The van der Waals surface area contributed by atoms with Crippen molar-refractivity contribution < 1.29 is 17.2 Å². The van der Waals surface area contributed by atoms with E-state index in [0.717, 1.165) is 38.2 Å². The number of nitrogens with one attached hydrogen (secondary N) is 1. The normalized spacial score (nSPS) is 23.8. The van der Waals surface area contributed by atoms with Gasteiger partial charge in [0.1, 0.15) is 16.5 Å². The molecule has 1 N–H and O–H groups in total. The van der Waals surface area contributed by atoms with Crippen LogP contribution in [-0.4, -0.2) is 14.5 Å². The monoisotopic (exact) mass is 381 g/mol. The summed E-state index contributed by atoms with van der Waals surface area (Å²) >= 11 is 2.92. The third-order valence-corrected chi connectivity index (χ3v) is 6.29. The molecule has 0 aliphatic heterocycles. The van der Waals surface area contributed by atoms with Crippen molar-refractivity contribution in [3.63, 3.8) is 0 Å². The summed E-state index contributed by atoms with van der Waals surface area (Å²) in [5, 5.41) is 0. The van der Waals surface area contributed by atoms with Crippen molar-refractivity contribution in [1.82, 2.24) is 4.72 Å². The van der Waals surface area contributed by atoms with Crippen molar-refractivity contribution >= 4 is 26.0 Å². The Morgan fingerprint density at radius 2 is 1.90 bits per heavy atom. The average Bonchev–Trinajstić information content (AvgIpc) is 2.52. The van der Waals surface area contributed by atoms with Crippen molar-refractivity contribution in [1.29, 1.82) is 0 Å². The summed E-state index contributed by atoms with van der Waals surface area (Å²) in [7, 11) is -4.01. The van der Waals surface area contributed by atoms with Gasteiger partial charge in [-0.25, -0.2) is 21.9 Å². The quantitative estimate of drug-likeness (QED) is 0.804. The predicted octanol–water partition coefficient (Wildman–Crippen LogP) is 3.97. The maximum Gasteiger partial charge on any atom is 0.244 e. The van der Waals surface area contributed by atoms with Gasteiger partial charge in [-0.2, -0.15) is 0 Å². The first-order chi connectivity index (χ1) is 9.79. The SMILES string of the molecule is CC1CCCC(NS(=O)(=O)c2c(F)cc(F)cc2Br)CC1. The van der Waals surface area contributed by atoms with Crippen molar-refractivity contribution in [2.24, 2.45) is 5.92 Å². The van der Waals surface area contributed by atoms with Crippen molar-refractivity contribution in [2.75, 3.05) is 0 Å². The molecule has 1 fully saturated rings. The van der Waals surface area contributed by atoms with Gasteiger partial charge in [0.05, 0.1) is 0 Å². The van der Waals surface area contributed by atoms with E-state index in [4.69, 9.17) is 0 Å². The molecule has 0 spiro atoms. The molecular weight excluding hydrogens is 364 g/mol. The van der Waals surface area contributed by atoms with E-state index in [1.807, 2.05) is 0 Å². The van der Waals surface area contributed by atoms with Gasteiger partial charge in [0.2, 0.25) is 10.0 Å². The lowest BCUT2D eigenvalue weighted by Gasteiger charge is -2.17. The van der Waals surface area contributed by atoms with E-state index in [1.54, 1.807) is 0 Å². The van der Waals surface area contributed by atoms with Crippen molar-refractivity contribution in [3.05, 3.63) is 28.2 Å². The molecule has 2 unspecified atom stereocenters. The first-order valence-electron chi connectivity index (χ1n) is 6.96. The number of halogens is 3. The van der Waals surface area contributed by atoms with Gasteiger partial charge in [-0.15, -0.1) is 0 Å². The van der Waals surface area contributed by atoms with E-state index in [9.17, 15) is 17.2 Å². The molecule has 2 atom stereocenters. The molecule has 0 saturated heterocycles. The van der Waals surface area contributed by atoms with Crippen LogP contribution < -0.4 is 4.72 Å². The highest BCUT2D eigenvalue weighted by Gasteiger charge is 2.27. The smallest absolute Gasteiger partial charge is 0.208 e. The Kier molecular flexibility index (Phi) is 5.38. The maximum atomic E-state index is 13.8. The molecule has 1 aromatic rings. The van der Waals surface area contributed by atoms with Crippen LogP contribution in [0.2, 0.25) is 0 Å². The molecule has 0 heterocycles. The molecule has 0 bridgehead atoms. The predicted molar refractivity (Wildman–Crippen MR) is 80.4 cm³/mol. The zero-order valence-corrected chi connectivity index (χ0v) is 14.1. The minimum Gasteiger partial charge on any atom is -0.208 e. The zero-order chi connectivity index (χ0) is 15.6. The second-order valence-electron chi connectivity index (χ2n) is 5.63. The summed E-state index contributed by atoms with van der Waals surface area (Å²) in [5.41, 5.74) is 0. The van der Waals surface area contributed by atoms with E-state index >= 15 is 0 Å². The van der Waals surface area contributed by atoms with E-state index in [2.05, 4.69) is 27.6 Å². The molecule has 0 amide bonds. The minimum atomic E-state index is -4.01. The van der Waals surface area contributed by atoms with Gasteiger partial charge in [0, 0.05) is 16.6 Å². The zero-order valence-electron chi connectivity index (χ0n) is 11.7. The highest BCUT2D eigenvalue weighted by Crippen LogP contribution is 2.28. The number of rotatable bonds is 3. The Hall–Kier alpha value is -0.530. The third kappa shape index (κ3) is 4.23. The van der Waals surface area contributed by atoms with Crippen molar-refractivity contribution in [3.8, 4) is 0 Å². The molecule has 1 aliphatic rings. The molecule has 7 heteroatoms. The first kappa shape index (κ1) is 16.8. The lowest BCUT2D eigenvalue weighted by Crippen LogP contribution is -2.35. The Morgan fingerprint density at radius 3 is 2.57 bits per heavy atom. The molecule has 1 saturated carbocycles. The van der Waals surface area contributed by atoms with Crippen LogP contribution in [0.15, 0.2) is 21.5 Å². The summed E-state index contributed by atoms with van der Waals surface area (Å²) in [5.74, 6) is -1.33. The van der Waals surface area contributed by atoms with Crippen LogP contribution in [0.1, 0.15) is 39.0 Å². The highest BCUT2D eigenvalue weighted by molar-refractivity contribution is 9.10. The largest absolute Gasteiger partial charge is 0.244 e. The molecule has 0 radical (unpaired) electrons. The number of sulfonamides is 1. The van der Waals surface area contributed by atoms with Crippen LogP contribution >= 0.6 is 15.9 Å². The fraction of sp³-hybridized carbons (Fsp3) is 0.571. The highest BCUT2D eigenvalue weighted by atomic mass is 79.9. The molecule has 2 rings (SSSR count). The van der Waals surface area contributed by atoms with Gasteiger partial charge >= 0.3 is 0 Å². The summed E-state index contributed by atoms with van der Waals surface area (Å²) < 4.78 is 54.0. The van der Waals surface area contributed by atoms with Gasteiger partial charge in [0.25, 0.3) is 0 Å². The van der Waals surface area contributed by atoms with Crippen LogP contribution in [0.3, 0.4) is 0 Å². The van der Waals surface area contributed by atoms with Crippen LogP contribution in [0.4, 0.5) is 8.78 Å². The van der Waals surface area contributed by atoms with E-state index in [0.29, 0.717) is 12.0 Å². The lowest BCUT2D eigenvalue weighted by molar-refractivity contribution is 0.481. The Bertz CT molecular complexity index is 598. The Balaban J connectivity index is 2.23. The van der Waals surface area contributed by atoms with Crippen LogP contribution in [0.5, 0.6) is 0 Å². The fourth-order valence-corrected chi connectivity index (χ4v) is 5.14. The first-order valence-corrected chi connectivity index (χ1v) is 9.24. The molecule has 3 nitrogen and oxygen atoms in total. The summed E-state index contributed by atoms with van der Waals surface area (Å²) in [6.45, 7) is 2.15. The minimum absolute atomic E-state index is 0.102. The summed E-state index contributed by atoms with van der Waals surface area (Å²) in [4.78, 5) is -0.527. The summed E-state index contributed by atoms with van der Waals surface area (Å²) in [6.07, 6.45) is 4.44. The standard InChI is InChI=1S/C14H18BrF2NO2S/c1-9-3-2-4-11(6-5-9)18-21(19,20)14-12(15)7-10(16)8-13(14)17/h7-9,11,18H,2-6H2,1H3. The van der Waals surface area contributed by atoms with E-state index < -0.39 is 26.6 Å². The number of benzene rings is 1. The van der Waals surface area contributed by atoms with Gasteiger partial charge in [-0.1, -0.05) is 19.8 Å². The van der Waals surface area contributed by atoms with Gasteiger partial charge in [-0.05, 0) is 47.2 Å². The van der Waals surface area contributed by atoms with Crippen molar-refractivity contribution in [2.45, 2.75) is 50.0 Å². The van der Waals surface area contributed by atoms with Gasteiger partial charge in [0.15, 0.2) is 0 Å². The fourth-order valence-electron chi connectivity index (χ4n) is 2.67. The number of hydrogen-bond acceptors (Lipinski definition) is 2. The van der Waals surface area contributed by atoms with Crippen LogP contribution in [0, 0.1) is 17.6 Å². The second kappa shape index (κ2) is 6.71. The third-order valence-electron chi connectivity index (χ3n) is 3.81. The van der Waals surface area contributed by atoms with Gasteiger partial charge in [-0.3, -0.25) is 0 Å². The topological polar surface area (TPSA) is 46.2 Å². The number of hydrogen-bond donors (Lipinski definition) is 1.